The van der Waals surface area contributed by atoms with E-state index in [1.54, 1.807) is 0 Å². The standard InChI is InChI=1S/C15H22N2O/c1-2-14-8-12(3-4-15(14)17-6-1)9-16-10-13-5-7-18-11-13/h3-4,8,13,16-17H,1-2,5-7,9-11H2. The smallest absolute Gasteiger partial charge is 0.0507 e. The molecule has 2 heterocycles. The maximum Gasteiger partial charge on any atom is 0.0507 e. The van der Waals surface area contributed by atoms with Gasteiger partial charge in [0.15, 0.2) is 0 Å². The average Bonchev–Trinajstić information content (AvgIpc) is 2.92. The molecule has 1 fully saturated rings. The van der Waals surface area contributed by atoms with Crippen LogP contribution in [0.5, 0.6) is 0 Å². The third-order valence-corrected chi connectivity index (χ3v) is 3.89. The largest absolute Gasteiger partial charge is 0.385 e. The molecule has 98 valence electrons. The van der Waals surface area contributed by atoms with Crippen LogP contribution in [0, 0.1) is 5.92 Å². The summed E-state index contributed by atoms with van der Waals surface area (Å²) in [5, 5.41) is 7.00. The molecular weight excluding hydrogens is 224 g/mol. The average molecular weight is 246 g/mol. The number of ether oxygens (including phenoxy) is 1. The molecule has 0 aliphatic carbocycles. The van der Waals surface area contributed by atoms with Crippen LogP contribution in [0.4, 0.5) is 5.69 Å². The second-order valence-corrected chi connectivity index (χ2v) is 5.38. The summed E-state index contributed by atoms with van der Waals surface area (Å²) in [7, 11) is 0. The summed E-state index contributed by atoms with van der Waals surface area (Å²) in [6.07, 6.45) is 3.68. The monoisotopic (exact) mass is 246 g/mol. The molecular formula is C15H22N2O. The Morgan fingerprint density at radius 2 is 2.39 bits per heavy atom. The van der Waals surface area contributed by atoms with Crippen molar-refractivity contribution in [1.82, 2.24) is 5.32 Å². The number of fused-ring (bicyclic) bond motifs is 1. The van der Waals surface area contributed by atoms with E-state index in [4.69, 9.17) is 4.74 Å². The first kappa shape index (κ1) is 12.0. The Kier molecular flexibility index (Phi) is 3.81. The van der Waals surface area contributed by atoms with Gasteiger partial charge < -0.3 is 15.4 Å². The van der Waals surface area contributed by atoms with Gasteiger partial charge in [0.2, 0.25) is 0 Å². The first-order valence-corrected chi connectivity index (χ1v) is 7.06. The summed E-state index contributed by atoms with van der Waals surface area (Å²) in [6.45, 7) is 5.05. The predicted octanol–water partition coefficient (Wildman–Crippen LogP) is 2.17. The molecule has 0 bridgehead atoms. The number of nitrogens with one attached hydrogen (secondary N) is 2. The number of rotatable bonds is 4. The van der Waals surface area contributed by atoms with Crippen molar-refractivity contribution in [3.05, 3.63) is 29.3 Å². The normalized spacial score (nSPS) is 22.6. The van der Waals surface area contributed by atoms with Crippen molar-refractivity contribution < 1.29 is 4.74 Å². The zero-order valence-electron chi connectivity index (χ0n) is 10.9. The summed E-state index contributed by atoms with van der Waals surface area (Å²) in [5.74, 6) is 0.712. The quantitative estimate of drug-likeness (QED) is 0.854. The number of hydrogen-bond donors (Lipinski definition) is 2. The molecule has 2 aliphatic heterocycles. The zero-order chi connectivity index (χ0) is 12.2. The SMILES string of the molecule is c1cc2c(cc1CNCC1CCOC1)CCCN2. The summed E-state index contributed by atoms with van der Waals surface area (Å²) >= 11 is 0. The zero-order valence-corrected chi connectivity index (χ0v) is 10.9. The lowest BCUT2D eigenvalue weighted by Gasteiger charge is -2.19. The molecule has 18 heavy (non-hydrogen) atoms. The van der Waals surface area contributed by atoms with Gasteiger partial charge in [0, 0.05) is 31.9 Å². The van der Waals surface area contributed by atoms with Crippen molar-refractivity contribution in [2.45, 2.75) is 25.8 Å². The predicted molar refractivity (Wildman–Crippen MR) is 73.9 cm³/mol. The lowest BCUT2D eigenvalue weighted by molar-refractivity contribution is 0.185. The van der Waals surface area contributed by atoms with Crippen LogP contribution in [0.25, 0.3) is 0 Å². The molecule has 0 aromatic heterocycles. The van der Waals surface area contributed by atoms with Crippen LogP contribution >= 0.6 is 0 Å². The van der Waals surface area contributed by atoms with Gasteiger partial charge in [-0.15, -0.1) is 0 Å². The molecule has 1 saturated heterocycles. The van der Waals surface area contributed by atoms with E-state index < -0.39 is 0 Å². The van der Waals surface area contributed by atoms with E-state index in [9.17, 15) is 0 Å². The number of anilines is 1. The van der Waals surface area contributed by atoms with Gasteiger partial charge in [-0.2, -0.15) is 0 Å². The van der Waals surface area contributed by atoms with Crippen LogP contribution in [0.1, 0.15) is 24.0 Å². The Bertz CT molecular complexity index is 399. The number of benzene rings is 1. The molecule has 2 N–H and O–H groups in total. The molecule has 2 aliphatic rings. The van der Waals surface area contributed by atoms with Crippen molar-refractivity contribution in [2.75, 3.05) is 31.6 Å². The highest BCUT2D eigenvalue weighted by Crippen LogP contribution is 2.22. The van der Waals surface area contributed by atoms with E-state index in [1.807, 2.05) is 0 Å². The van der Waals surface area contributed by atoms with E-state index in [-0.39, 0.29) is 0 Å². The van der Waals surface area contributed by atoms with Crippen LogP contribution in [0.2, 0.25) is 0 Å². The molecule has 0 amide bonds. The third kappa shape index (κ3) is 2.85. The molecule has 0 radical (unpaired) electrons. The van der Waals surface area contributed by atoms with Crippen molar-refractivity contribution in [2.24, 2.45) is 5.92 Å². The van der Waals surface area contributed by atoms with Crippen molar-refractivity contribution in [3.63, 3.8) is 0 Å². The number of aryl methyl sites for hydroxylation is 1. The lowest BCUT2D eigenvalue weighted by atomic mass is 10.0. The van der Waals surface area contributed by atoms with Crippen LogP contribution in [-0.2, 0) is 17.7 Å². The Labute approximate surface area is 109 Å². The van der Waals surface area contributed by atoms with Gasteiger partial charge in [0.05, 0.1) is 6.61 Å². The molecule has 3 heteroatoms. The summed E-state index contributed by atoms with van der Waals surface area (Å²) in [4.78, 5) is 0. The fourth-order valence-electron chi connectivity index (χ4n) is 2.80. The van der Waals surface area contributed by atoms with Crippen molar-refractivity contribution >= 4 is 5.69 Å². The van der Waals surface area contributed by atoms with Gasteiger partial charge in [0.1, 0.15) is 0 Å². The molecule has 3 rings (SSSR count). The van der Waals surface area contributed by atoms with E-state index in [0.717, 1.165) is 32.8 Å². The van der Waals surface area contributed by atoms with Gasteiger partial charge >= 0.3 is 0 Å². The molecule has 3 nitrogen and oxygen atoms in total. The Balaban J connectivity index is 1.52. The molecule has 0 spiro atoms. The van der Waals surface area contributed by atoms with Crippen LogP contribution in [-0.4, -0.2) is 26.3 Å². The minimum Gasteiger partial charge on any atom is -0.385 e. The number of hydrogen-bond acceptors (Lipinski definition) is 3. The topological polar surface area (TPSA) is 33.3 Å². The Morgan fingerprint density at radius 3 is 3.28 bits per heavy atom. The first-order chi connectivity index (χ1) is 8.92. The second-order valence-electron chi connectivity index (χ2n) is 5.38. The Morgan fingerprint density at radius 1 is 1.39 bits per heavy atom. The van der Waals surface area contributed by atoms with E-state index >= 15 is 0 Å². The summed E-state index contributed by atoms with van der Waals surface area (Å²) in [6, 6.07) is 6.80. The fraction of sp³-hybridized carbons (Fsp3) is 0.600. The summed E-state index contributed by atoms with van der Waals surface area (Å²) < 4.78 is 5.39. The molecule has 1 unspecified atom stereocenters. The van der Waals surface area contributed by atoms with E-state index in [0.29, 0.717) is 5.92 Å². The van der Waals surface area contributed by atoms with Gasteiger partial charge in [-0.3, -0.25) is 0 Å². The van der Waals surface area contributed by atoms with Gasteiger partial charge in [-0.25, -0.2) is 0 Å². The second kappa shape index (κ2) is 5.72. The van der Waals surface area contributed by atoms with E-state index in [1.165, 1.54) is 36.1 Å². The third-order valence-electron chi connectivity index (χ3n) is 3.89. The molecule has 1 aromatic rings. The van der Waals surface area contributed by atoms with Crippen LogP contribution in [0.3, 0.4) is 0 Å². The molecule has 1 atom stereocenters. The highest BCUT2D eigenvalue weighted by molar-refractivity contribution is 5.54. The van der Waals surface area contributed by atoms with Crippen molar-refractivity contribution in [3.8, 4) is 0 Å². The van der Waals surface area contributed by atoms with E-state index in [2.05, 4.69) is 28.8 Å². The minimum atomic E-state index is 0.712. The lowest BCUT2D eigenvalue weighted by Crippen LogP contribution is -2.22. The van der Waals surface area contributed by atoms with Crippen LogP contribution in [0.15, 0.2) is 18.2 Å². The van der Waals surface area contributed by atoms with Gasteiger partial charge in [0.25, 0.3) is 0 Å². The molecule has 0 saturated carbocycles. The van der Waals surface area contributed by atoms with Gasteiger partial charge in [-0.1, -0.05) is 12.1 Å². The summed E-state index contributed by atoms with van der Waals surface area (Å²) in [5.41, 5.74) is 4.20. The highest BCUT2D eigenvalue weighted by atomic mass is 16.5. The first-order valence-electron chi connectivity index (χ1n) is 7.06. The maximum atomic E-state index is 5.39. The highest BCUT2D eigenvalue weighted by Gasteiger charge is 2.14. The Hall–Kier alpha value is -1.06. The fourth-order valence-corrected chi connectivity index (χ4v) is 2.80. The maximum absolute atomic E-state index is 5.39. The minimum absolute atomic E-state index is 0.712. The molecule has 1 aromatic carbocycles. The van der Waals surface area contributed by atoms with Gasteiger partial charge in [-0.05, 0) is 42.4 Å². The van der Waals surface area contributed by atoms with Crippen LogP contribution < -0.4 is 10.6 Å². The van der Waals surface area contributed by atoms with Crippen molar-refractivity contribution in [1.29, 1.82) is 0 Å².